The molecule has 0 saturated heterocycles. The molecule has 0 aromatic rings. The normalized spacial score (nSPS) is 11.5. The number of rotatable bonds is 7. The van der Waals surface area contributed by atoms with E-state index < -0.39 is 0 Å². The van der Waals surface area contributed by atoms with E-state index in [-0.39, 0.29) is 0 Å². The molecule has 13 heavy (non-hydrogen) atoms. The van der Waals surface area contributed by atoms with Crippen LogP contribution in [-0.2, 0) is 0 Å². The Morgan fingerprint density at radius 2 is 1.85 bits per heavy atom. The van der Waals surface area contributed by atoms with Gasteiger partial charge in [0, 0.05) is 5.33 Å². The van der Waals surface area contributed by atoms with Crippen LogP contribution in [0.4, 0.5) is 0 Å². The summed E-state index contributed by atoms with van der Waals surface area (Å²) in [5, 5.41) is 1.09. The molecule has 0 nitrogen and oxygen atoms in total. The zero-order chi connectivity index (χ0) is 9.94. The van der Waals surface area contributed by atoms with Crippen molar-refractivity contribution in [1.29, 1.82) is 0 Å². The molecule has 74 valence electrons. The maximum Gasteiger partial charge on any atom is 0.00342 e. The lowest BCUT2D eigenvalue weighted by Gasteiger charge is -1.91. The molecule has 0 amide bonds. The molecule has 0 atom stereocenters. The fourth-order valence-electron chi connectivity index (χ4n) is 0.874. The molecule has 1 heteroatoms. The fourth-order valence-corrected chi connectivity index (χ4v) is 1.20. The molecule has 0 spiro atoms. The highest BCUT2D eigenvalue weighted by molar-refractivity contribution is 9.09. The monoisotopic (exact) mass is 242 g/mol. The van der Waals surface area contributed by atoms with Crippen molar-refractivity contribution in [1.82, 2.24) is 0 Å². The highest BCUT2D eigenvalue weighted by Gasteiger charge is 1.81. The molecule has 0 aliphatic rings. The molecule has 0 unspecified atom stereocenters. The minimum absolute atomic E-state index is 1.09. The lowest BCUT2D eigenvalue weighted by molar-refractivity contribution is 0.975. The van der Waals surface area contributed by atoms with Gasteiger partial charge < -0.3 is 0 Å². The summed E-state index contributed by atoms with van der Waals surface area (Å²) in [6.45, 7) is 5.93. The number of hydrogen-bond donors (Lipinski definition) is 0. The van der Waals surface area contributed by atoms with Crippen LogP contribution in [-0.4, -0.2) is 5.33 Å². The van der Waals surface area contributed by atoms with Crippen molar-refractivity contribution in [3.8, 4) is 0 Å². The Morgan fingerprint density at radius 3 is 2.38 bits per heavy atom. The Bertz CT molecular complexity index is 178. The topological polar surface area (TPSA) is 0 Å². The van der Waals surface area contributed by atoms with Gasteiger partial charge in [-0.3, -0.25) is 0 Å². The number of unbranched alkanes of at least 4 members (excludes halogenated alkanes) is 1. The van der Waals surface area contributed by atoms with Gasteiger partial charge in [0.15, 0.2) is 0 Å². The van der Waals surface area contributed by atoms with E-state index in [1.54, 1.807) is 0 Å². The smallest absolute Gasteiger partial charge is 0.00342 e. The van der Waals surface area contributed by atoms with E-state index in [4.69, 9.17) is 0 Å². The Balaban J connectivity index is 3.29. The Hall–Kier alpha value is -0.300. The van der Waals surface area contributed by atoms with Crippen LogP contribution in [0.25, 0.3) is 0 Å². The first-order chi connectivity index (χ1) is 6.27. The van der Waals surface area contributed by atoms with Crippen molar-refractivity contribution in [2.45, 2.75) is 32.6 Å². The second kappa shape index (κ2) is 9.79. The van der Waals surface area contributed by atoms with E-state index >= 15 is 0 Å². The van der Waals surface area contributed by atoms with E-state index in [9.17, 15) is 0 Å². The van der Waals surface area contributed by atoms with Crippen molar-refractivity contribution < 1.29 is 0 Å². The summed E-state index contributed by atoms with van der Waals surface area (Å²) in [7, 11) is 0. The summed E-state index contributed by atoms with van der Waals surface area (Å²) in [5.74, 6) is 0. The van der Waals surface area contributed by atoms with Crippen LogP contribution >= 0.6 is 15.9 Å². The summed E-state index contributed by atoms with van der Waals surface area (Å²) in [4.78, 5) is 0. The van der Waals surface area contributed by atoms with E-state index in [1.807, 2.05) is 0 Å². The lowest BCUT2D eigenvalue weighted by Crippen LogP contribution is -1.71. The molecule has 0 aliphatic carbocycles. The van der Waals surface area contributed by atoms with Crippen LogP contribution in [0, 0.1) is 0 Å². The minimum atomic E-state index is 1.09. The van der Waals surface area contributed by atoms with Crippen LogP contribution in [0.3, 0.4) is 0 Å². The first kappa shape index (κ1) is 12.7. The fraction of sp³-hybridized carbons (Fsp3) is 0.500. The summed E-state index contributed by atoms with van der Waals surface area (Å²) in [6.07, 6.45) is 13.2. The first-order valence-electron chi connectivity index (χ1n) is 4.79. The Kier molecular flexibility index (Phi) is 9.56. The first-order valence-corrected chi connectivity index (χ1v) is 5.91. The van der Waals surface area contributed by atoms with Gasteiger partial charge in [0.2, 0.25) is 0 Å². The molecule has 0 aliphatic heterocycles. The molecule has 0 aromatic heterocycles. The quantitative estimate of drug-likeness (QED) is 0.264. The summed E-state index contributed by atoms with van der Waals surface area (Å²) in [5.41, 5.74) is 1.26. The molecule has 0 aromatic carbocycles. The second-order valence-electron chi connectivity index (χ2n) is 3.18. The molecular weight excluding hydrogens is 224 g/mol. The van der Waals surface area contributed by atoms with Crippen LogP contribution < -0.4 is 0 Å². The molecule has 0 bridgehead atoms. The molecule has 0 radical (unpaired) electrons. The van der Waals surface area contributed by atoms with Crippen molar-refractivity contribution in [3.05, 3.63) is 36.5 Å². The van der Waals surface area contributed by atoms with Crippen molar-refractivity contribution in [2.24, 2.45) is 0 Å². The number of allylic oxidation sites excluding steroid dienone is 5. The number of halogens is 1. The zero-order valence-electron chi connectivity index (χ0n) is 8.43. The molecule has 0 saturated carbocycles. The largest absolute Gasteiger partial charge is 0.100 e. The third kappa shape index (κ3) is 11.7. The van der Waals surface area contributed by atoms with Gasteiger partial charge in [0.25, 0.3) is 0 Å². The van der Waals surface area contributed by atoms with Gasteiger partial charge in [-0.25, -0.2) is 0 Å². The van der Waals surface area contributed by atoms with Gasteiger partial charge in [-0.15, -0.1) is 6.58 Å². The average molecular weight is 243 g/mol. The van der Waals surface area contributed by atoms with Crippen LogP contribution in [0.15, 0.2) is 36.5 Å². The molecule has 0 N–H and O–H groups in total. The third-order valence-electron chi connectivity index (χ3n) is 1.63. The predicted octanol–water partition coefficient (Wildman–Crippen LogP) is 4.63. The van der Waals surface area contributed by atoms with Gasteiger partial charge in [-0.2, -0.15) is 0 Å². The van der Waals surface area contributed by atoms with Crippen LogP contribution in [0.2, 0.25) is 0 Å². The van der Waals surface area contributed by atoms with Gasteiger partial charge in [-0.05, 0) is 32.6 Å². The maximum absolute atomic E-state index is 3.86. The van der Waals surface area contributed by atoms with Crippen molar-refractivity contribution in [3.63, 3.8) is 0 Å². The average Bonchev–Trinajstić information content (AvgIpc) is 2.09. The lowest BCUT2D eigenvalue weighted by atomic mass is 10.2. The van der Waals surface area contributed by atoms with Gasteiger partial charge in [0.1, 0.15) is 0 Å². The maximum atomic E-state index is 3.86. The van der Waals surface area contributed by atoms with Crippen LogP contribution in [0.5, 0.6) is 0 Å². The summed E-state index contributed by atoms with van der Waals surface area (Å²) >= 11 is 3.40. The minimum Gasteiger partial charge on any atom is -0.100 e. The molecule has 0 rings (SSSR count). The zero-order valence-corrected chi connectivity index (χ0v) is 10.0. The predicted molar refractivity (Wildman–Crippen MR) is 65.4 cm³/mol. The third-order valence-corrected chi connectivity index (χ3v) is 2.19. The van der Waals surface area contributed by atoms with Crippen molar-refractivity contribution in [2.75, 3.05) is 5.33 Å². The molecular formula is C12H19Br. The Labute approximate surface area is 90.6 Å². The van der Waals surface area contributed by atoms with Gasteiger partial charge in [0.05, 0.1) is 0 Å². The van der Waals surface area contributed by atoms with Gasteiger partial charge in [-0.1, -0.05) is 45.8 Å². The van der Waals surface area contributed by atoms with E-state index in [1.165, 1.54) is 12.0 Å². The van der Waals surface area contributed by atoms with E-state index in [2.05, 4.69) is 53.7 Å². The highest BCUT2D eigenvalue weighted by Crippen LogP contribution is 2.01. The number of hydrogen-bond acceptors (Lipinski definition) is 0. The molecule has 0 heterocycles. The second-order valence-corrected chi connectivity index (χ2v) is 3.98. The van der Waals surface area contributed by atoms with Gasteiger partial charge >= 0.3 is 0 Å². The number of alkyl halides is 1. The van der Waals surface area contributed by atoms with Crippen LogP contribution in [0.1, 0.15) is 32.6 Å². The summed E-state index contributed by atoms with van der Waals surface area (Å²) < 4.78 is 0. The van der Waals surface area contributed by atoms with Crippen molar-refractivity contribution >= 4 is 15.9 Å². The SMILES string of the molecule is C=C(C)CCC=CC=CCCCBr. The van der Waals surface area contributed by atoms with E-state index in [0.29, 0.717) is 0 Å². The summed E-state index contributed by atoms with van der Waals surface area (Å²) in [6, 6.07) is 0. The standard InChI is InChI=1S/C12H19Br/c1-12(2)10-8-6-4-3-5-7-9-11-13/h3-6H,1,7-11H2,2H3. The highest BCUT2D eigenvalue weighted by atomic mass is 79.9. The van der Waals surface area contributed by atoms with E-state index in [0.717, 1.165) is 24.6 Å². The Morgan fingerprint density at radius 1 is 1.23 bits per heavy atom. The molecule has 0 fully saturated rings.